The second kappa shape index (κ2) is 77.9. The van der Waals surface area contributed by atoms with Crippen LogP contribution in [0, 0.1) is 0 Å². The van der Waals surface area contributed by atoms with E-state index >= 15 is 0 Å². The molecular formula is C88H170N2O16P2+2. The molecule has 3 unspecified atom stereocenters. The molecule has 0 aromatic rings. The van der Waals surface area contributed by atoms with Gasteiger partial charge in [0.05, 0.1) is 55.5 Å². The summed E-state index contributed by atoms with van der Waals surface area (Å²) in [5.41, 5.74) is 0. The number of esters is 4. The second-order valence-corrected chi connectivity index (χ2v) is 35.1. The molecule has 0 aliphatic rings. The molecule has 2 N–H and O–H groups in total. The Labute approximate surface area is 663 Å². The number of unbranched alkanes of at least 4 members (excludes halogenated alkanes) is 44. The number of quaternary nitrogens is 2. The summed E-state index contributed by atoms with van der Waals surface area (Å²) in [5.74, 6) is -1.63. The Hall–Kier alpha value is -3.02. The summed E-state index contributed by atoms with van der Waals surface area (Å²) >= 11 is 0. The van der Waals surface area contributed by atoms with E-state index in [2.05, 4.69) is 76.3 Å². The van der Waals surface area contributed by atoms with Gasteiger partial charge in [-0.05, 0) is 128 Å². The van der Waals surface area contributed by atoms with Crippen LogP contribution >= 0.6 is 15.6 Å². The van der Waals surface area contributed by atoms with E-state index in [9.17, 15) is 38.1 Å². The summed E-state index contributed by atoms with van der Waals surface area (Å²) in [6, 6.07) is 0. The Morgan fingerprint density at radius 3 is 0.685 bits per heavy atom. The second-order valence-electron chi connectivity index (χ2n) is 32.1. The predicted octanol–water partition coefficient (Wildman–Crippen LogP) is 24.7. The third-order valence-electron chi connectivity index (χ3n) is 18.9. The van der Waals surface area contributed by atoms with E-state index in [1.807, 2.05) is 42.3 Å². The minimum Gasteiger partial charge on any atom is -0.462 e. The maximum absolute atomic E-state index is 12.7. The Bertz CT molecular complexity index is 2110. The van der Waals surface area contributed by atoms with Crippen LogP contribution in [0.1, 0.15) is 387 Å². The van der Waals surface area contributed by atoms with Crippen molar-refractivity contribution in [1.29, 1.82) is 0 Å². The number of phosphoric ester groups is 2. The zero-order chi connectivity index (χ0) is 80.0. The van der Waals surface area contributed by atoms with Gasteiger partial charge in [0.15, 0.2) is 12.2 Å². The minimum atomic E-state index is -4.37. The standard InChI is InChI=1S/2C44H84NO8P/c2*1-6-8-10-12-14-16-18-20-22-24-26-28-30-32-34-36-43(46)50-40-42(41-52-54(48,49)51-39-38-45(3,4)5)53-44(47)37-35-33-31-29-27-25-23-21-19-17-15-13-11-9-7-2/h2*20-23,42H,6-19,24-41H2,1-5H3/p+2/b2*22-20-,23-21-/t42-;/m1./s1. The Morgan fingerprint density at radius 1 is 0.278 bits per heavy atom. The van der Waals surface area contributed by atoms with Crippen LogP contribution in [0.15, 0.2) is 48.6 Å². The molecule has 0 fully saturated rings. The minimum absolute atomic E-state index is 0.0299. The molecule has 4 atom stereocenters. The highest BCUT2D eigenvalue weighted by Crippen LogP contribution is 2.44. The normalized spacial score (nSPS) is 13.8. The van der Waals surface area contributed by atoms with Crippen LogP contribution in [-0.2, 0) is 65.4 Å². The van der Waals surface area contributed by atoms with E-state index in [0.717, 1.165) is 141 Å². The average molecular weight is 1570 g/mol. The molecule has 0 bridgehead atoms. The fourth-order valence-electron chi connectivity index (χ4n) is 11.9. The fourth-order valence-corrected chi connectivity index (χ4v) is 13.4. The van der Waals surface area contributed by atoms with Gasteiger partial charge in [-0.25, -0.2) is 9.13 Å². The van der Waals surface area contributed by atoms with Gasteiger partial charge in [-0.2, -0.15) is 0 Å². The average Bonchev–Trinajstić information content (AvgIpc) is 0.907. The number of phosphoric acid groups is 2. The van der Waals surface area contributed by atoms with Gasteiger partial charge in [0.2, 0.25) is 0 Å². The van der Waals surface area contributed by atoms with Crippen LogP contribution < -0.4 is 0 Å². The number of likely N-dealkylation sites (N-methyl/N-ethyl adjacent to an activating group) is 2. The lowest BCUT2D eigenvalue weighted by Crippen LogP contribution is -2.37. The van der Waals surface area contributed by atoms with Crippen molar-refractivity contribution in [3.8, 4) is 0 Å². The zero-order valence-electron chi connectivity index (χ0n) is 71.4. The number of carbonyl (C=O) groups is 4. The van der Waals surface area contributed by atoms with Crippen molar-refractivity contribution in [2.75, 3.05) is 95.0 Å². The van der Waals surface area contributed by atoms with Gasteiger partial charge in [0.25, 0.3) is 0 Å². The molecule has 0 saturated heterocycles. The monoisotopic (exact) mass is 1570 g/mol. The third kappa shape index (κ3) is 87.0. The number of hydrogen-bond acceptors (Lipinski definition) is 14. The Balaban J connectivity index is 0. The molecule has 0 radical (unpaired) electrons. The smallest absolute Gasteiger partial charge is 0.462 e. The largest absolute Gasteiger partial charge is 0.472 e. The molecule has 0 aromatic heterocycles. The third-order valence-corrected chi connectivity index (χ3v) is 20.9. The number of hydrogen-bond donors (Lipinski definition) is 2. The number of ether oxygens (including phenoxy) is 4. The summed E-state index contributed by atoms with van der Waals surface area (Å²) in [6.07, 6.45) is 78.6. The van der Waals surface area contributed by atoms with Crippen molar-refractivity contribution >= 4 is 39.5 Å². The van der Waals surface area contributed by atoms with Gasteiger partial charge < -0.3 is 37.7 Å². The number of allylic oxidation sites excluding steroid dienone is 8. The predicted molar refractivity (Wildman–Crippen MR) is 449 cm³/mol. The fraction of sp³-hybridized carbons (Fsp3) is 0.864. The molecule has 0 aliphatic heterocycles. The molecule has 0 aliphatic carbocycles. The maximum atomic E-state index is 12.7. The molecule has 636 valence electrons. The SMILES string of the molecule is CCCCCCCC/C=C\CCCCCCCC(=O)OCC(COP(=O)(O)OCC[N+](C)(C)C)OC(=O)CCCCCCC/C=C\CCCCCCCC.CCCCCCCC/C=C\CCCCCCCC(=O)OC[C@H](COP(=O)(O)OCC[N+](C)(C)C)OC(=O)CCCCCCC/C=C\CCCCCCCC. The van der Waals surface area contributed by atoms with E-state index in [-0.39, 0.29) is 64.0 Å². The van der Waals surface area contributed by atoms with E-state index in [1.165, 1.54) is 180 Å². The van der Waals surface area contributed by atoms with E-state index in [4.69, 9.17) is 37.0 Å². The molecule has 0 heterocycles. The maximum Gasteiger partial charge on any atom is 0.472 e. The molecule has 20 heteroatoms. The lowest BCUT2D eigenvalue weighted by Gasteiger charge is -2.24. The van der Waals surface area contributed by atoms with Crippen LogP contribution in [0.4, 0.5) is 0 Å². The van der Waals surface area contributed by atoms with E-state index in [1.54, 1.807) is 0 Å². The van der Waals surface area contributed by atoms with Gasteiger partial charge >= 0.3 is 39.5 Å². The van der Waals surface area contributed by atoms with Crippen molar-refractivity contribution in [1.82, 2.24) is 0 Å². The highest BCUT2D eigenvalue weighted by Gasteiger charge is 2.29. The van der Waals surface area contributed by atoms with Gasteiger partial charge in [0.1, 0.15) is 39.5 Å². The first-order valence-corrected chi connectivity index (χ1v) is 47.1. The first-order valence-electron chi connectivity index (χ1n) is 44.1. The van der Waals surface area contributed by atoms with E-state index in [0.29, 0.717) is 34.9 Å². The molecule has 0 saturated carbocycles. The first-order chi connectivity index (χ1) is 52.0. The van der Waals surface area contributed by atoms with Crippen LogP contribution in [0.3, 0.4) is 0 Å². The molecule has 0 amide bonds. The quantitative estimate of drug-likeness (QED) is 0.0145. The number of nitrogens with zero attached hydrogens (tertiary/aromatic N) is 2. The highest BCUT2D eigenvalue weighted by molar-refractivity contribution is 7.47. The summed E-state index contributed by atoms with van der Waals surface area (Å²) in [6.45, 7) is 8.80. The molecular weight excluding hydrogens is 1400 g/mol. The molecule has 0 rings (SSSR count). The zero-order valence-corrected chi connectivity index (χ0v) is 73.2. The van der Waals surface area contributed by atoms with Crippen molar-refractivity contribution in [2.24, 2.45) is 0 Å². The van der Waals surface area contributed by atoms with Crippen LogP contribution in [-0.4, -0.2) is 150 Å². The number of rotatable bonds is 80. The lowest BCUT2D eigenvalue weighted by molar-refractivity contribution is -0.870. The molecule has 108 heavy (non-hydrogen) atoms. The first kappa shape index (κ1) is 107. The topological polar surface area (TPSA) is 217 Å². The molecule has 18 nitrogen and oxygen atoms in total. The van der Waals surface area contributed by atoms with Crippen molar-refractivity contribution in [3.05, 3.63) is 48.6 Å². The van der Waals surface area contributed by atoms with Gasteiger partial charge in [-0.1, -0.05) is 282 Å². The van der Waals surface area contributed by atoms with Crippen LogP contribution in [0.5, 0.6) is 0 Å². The Morgan fingerprint density at radius 2 is 0.472 bits per heavy atom. The Kier molecular flexibility index (Phi) is 77.2. The summed E-state index contributed by atoms with van der Waals surface area (Å²) in [5, 5.41) is 0. The van der Waals surface area contributed by atoms with E-state index < -0.39 is 53.0 Å². The van der Waals surface area contributed by atoms with Crippen LogP contribution in [0.25, 0.3) is 0 Å². The number of carbonyl (C=O) groups excluding carboxylic acids is 4. The summed E-state index contributed by atoms with van der Waals surface area (Å²) in [7, 11) is 2.94. The van der Waals surface area contributed by atoms with Crippen molar-refractivity contribution in [2.45, 2.75) is 399 Å². The van der Waals surface area contributed by atoms with Crippen molar-refractivity contribution in [3.63, 3.8) is 0 Å². The summed E-state index contributed by atoms with van der Waals surface area (Å²) < 4.78 is 68.6. The van der Waals surface area contributed by atoms with Gasteiger partial charge in [0, 0.05) is 25.7 Å². The van der Waals surface area contributed by atoms with Gasteiger partial charge in [-0.15, -0.1) is 0 Å². The molecule has 0 spiro atoms. The van der Waals surface area contributed by atoms with Crippen LogP contribution in [0.2, 0.25) is 0 Å². The molecule has 0 aromatic carbocycles. The highest BCUT2D eigenvalue weighted by atomic mass is 31.2. The van der Waals surface area contributed by atoms with Gasteiger partial charge in [-0.3, -0.25) is 37.3 Å². The summed E-state index contributed by atoms with van der Waals surface area (Å²) in [4.78, 5) is 70.7. The van der Waals surface area contributed by atoms with Crippen molar-refractivity contribution < 1.29 is 84.1 Å². The lowest BCUT2D eigenvalue weighted by atomic mass is 10.1.